The lowest BCUT2D eigenvalue weighted by atomic mass is 10.1. The molecule has 1 N–H and O–H groups in total. The van der Waals surface area contributed by atoms with Crippen LogP contribution in [0, 0.1) is 5.92 Å². The molecule has 0 aromatic carbocycles. The van der Waals surface area contributed by atoms with Crippen molar-refractivity contribution in [2.24, 2.45) is 5.92 Å². The van der Waals surface area contributed by atoms with E-state index in [-0.39, 0.29) is 29.6 Å². The van der Waals surface area contributed by atoms with Crippen LogP contribution in [0.15, 0.2) is 36.0 Å². The Bertz CT molecular complexity index is 922. The molecule has 0 saturated carbocycles. The lowest BCUT2D eigenvalue weighted by Crippen LogP contribution is -2.27. The zero-order chi connectivity index (χ0) is 25.1. The van der Waals surface area contributed by atoms with Crippen LogP contribution in [0.3, 0.4) is 0 Å². The molecule has 1 aliphatic heterocycles. The monoisotopic (exact) mass is 479 g/mol. The Hall–Kier alpha value is -2.81. The molecule has 1 atom stereocenters. The topological polar surface area (TPSA) is 82.5 Å². The van der Waals surface area contributed by atoms with Crippen LogP contribution in [0.25, 0.3) is 0 Å². The zero-order valence-electron chi connectivity index (χ0n) is 20.2. The van der Waals surface area contributed by atoms with Crippen molar-refractivity contribution in [2.75, 3.05) is 26.4 Å². The number of nitrogens with zero attached hydrogens (tertiary/aromatic N) is 2. The summed E-state index contributed by atoms with van der Waals surface area (Å²) in [5.74, 6) is -0.885. The van der Waals surface area contributed by atoms with E-state index in [1.54, 1.807) is 0 Å². The second-order valence-electron chi connectivity index (χ2n) is 8.28. The van der Waals surface area contributed by atoms with Crippen molar-refractivity contribution in [1.82, 2.24) is 15.1 Å². The molecule has 7 nitrogen and oxygen atoms in total. The van der Waals surface area contributed by atoms with E-state index in [1.165, 1.54) is 19.1 Å². The Morgan fingerprint density at radius 3 is 2.74 bits per heavy atom. The molecule has 0 unspecified atom stereocenters. The first-order valence-corrected chi connectivity index (χ1v) is 11.7. The smallest absolute Gasteiger partial charge is 0.337 e. The molecule has 188 valence electrons. The van der Waals surface area contributed by atoms with Crippen LogP contribution >= 0.6 is 0 Å². The number of ether oxygens (including phenoxy) is 2. The predicted molar refractivity (Wildman–Crippen MR) is 126 cm³/mol. The third-order valence-electron chi connectivity index (χ3n) is 5.45. The van der Waals surface area contributed by atoms with Crippen LogP contribution in [0.1, 0.15) is 55.4 Å². The number of halogens is 2. The maximum atomic E-state index is 12.8. The fourth-order valence-corrected chi connectivity index (χ4v) is 3.59. The van der Waals surface area contributed by atoms with Gasteiger partial charge in [0.1, 0.15) is 0 Å². The Kier molecular flexibility index (Phi) is 11.1. The molecular formula is C25H35F2N3O4. The van der Waals surface area contributed by atoms with Gasteiger partial charge in [-0.3, -0.25) is 9.48 Å². The highest BCUT2D eigenvalue weighted by atomic mass is 19.3. The Morgan fingerprint density at radius 2 is 2.06 bits per heavy atom. The number of allylic oxidation sites excluding steroid dienone is 3. The molecule has 2 heterocycles. The third-order valence-corrected chi connectivity index (χ3v) is 5.45. The lowest BCUT2D eigenvalue weighted by Gasteiger charge is -2.15. The molecule has 0 radical (unpaired) electrons. The molecule has 0 fully saturated rings. The molecular weight excluding hydrogens is 444 g/mol. The number of rotatable bonds is 9. The number of esters is 1. The minimum atomic E-state index is -2.63. The van der Waals surface area contributed by atoms with Crippen molar-refractivity contribution in [3.05, 3.63) is 52.9 Å². The first-order chi connectivity index (χ1) is 16.3. The number of aryl methyl sites for hydroxylation is 1. The highest BCUT2D eigenvalue weighted by molar-refractivity contribution is 5.96. The van der Waals surface area contributed by atoms with Crippen molar-refractivity contribution in [3.63, 3.8) is 0 Å². The molecule has 0 saturated heterocycles. The molecule has 1 aromatic heterocycles. The first-order valence-electron chi connectivity index (χ1n) is 11.7. The van der Waals surface area contributed by atoms with E-state index in [1.807, 2.05) is 18.5 Å². The van der Waals surface area contributed by atoms with Gasteiger partial charge in [-0.1, -0.05) is 32.6 Å². The second-order valence-corrected chi connectivity index (χ2v) is 8.28. The van der Waals surface area contributed by atoms with Gasteiger partial charge >= 0.3 is 5.97 Å². The van der Waals surface area contributed by atoms with Gasteiger partial charge in [0.2, 0.25) is 0 Å². The number of carbonyl (C=O) groups excluding carboxylic acids is 2. The number of aromatic nitrogens is 2. The average Bonchev–Trinajstić information content (AvgIpc) is 3.13. The largest absolute Gasteiger partial charge is 0.462 e. The summed E-state index contributed by atoms with van der Waals surface area (Å²) < 4.78 is 38.3. The van der Waals surface area contributed by atoms with Crippen LogP contribution in [0.4, 0.5) is 8.78 Å². The maximum absolute atomic E-state index is 12.8. The number of carbonyl (C=O) groups is 2. The van der Waals surface area contributed by atoms with Crippen molar-refractivity contribution in [1.29, 1.82) is 0 Å². The summed E-state index contributed by atoms with van der Waals surface area (Å²) in [7, 11) is 0. The van der Waals surface area contributed by atoms with E-state index in [4.69, 9.17) is 9.47 Å². The average molecular weight is 480 g/mol. The summed E-state index contributed by atoms with van der Waals surface area (Å²) >= 11 is 0. The molecule has 1 aromatic rings. The molecule has 1 amide bonds. The Labute approximate surface area is 199 Å². The van der Waals surface area contributed by atoms with Gasteiger partial charge in [0, 0.05) is 37.8 Å². The van der Waals surface area contributed by atoms with Gasteiger partial charge in [0.15, 0.2) is 0 Å². The number of alkyl halides is 2. The molecule has 0 aliphatic carbocycles. The number of fused-ring (bicyclic) bond motifs is 1. The van der Waals surface area contributed by atoms with E-state index in [2.05, 4.69) is 17.0 Å². The van der Waals surface area contributed by atoms with Crippen molar-refractivity contribution < 1.29 is 27.8 Å². The van der Waals surface area contributed by atoms with E-state index in [0.29, 0.717) is 44.7 Å². The van der Waals surface area contributed by atoms with E-state index in [9.17, 15) is 18.4 Å². The summed E-state index contributed by atoms with van der Waals surface area (Å²) in [6.07, 6.45) is 3.86. The number of hydrogen-bond donors (Lipinski definition) is 1. The molecule has 0 bridgehead atoms. The minimum Gasteiger partial charge on any atom is -0.462 e. The van der Waals surface area contributed by atoms with Gasteiger partial charge in [-0.05, 0) is 38.7 Å². The highest BCUT2D eigenvalue weighted by Gasteiger charge is 2.24. The van der Waals surface area contributed by atoms with Crippen LogP contribution in [0.5, 0.6) is 0 Å². The molecule has 9 heteroatoms. The van der Waals surface area contributed by atoms with E-state index < -0.39 is 12.4 Å². The summed E-state index contributed by atoms with van der Waals surface area (Å²) in [5, 5.41) is 7.63. The van der Waals surface area contributed by atoms with Crippen molar-refractivity contribution >= 4 is 11.9 Å². The van der Waals surface area contributed by atoms with Crippen LogP contribution < -0.4 is 5.32 Å². The highest BCUT2D eigenvalue weighted by Crippen LogP contribution is 2.20. The van der Waals surface area contributed by atoms with Gasteiger partial charge in [0.25, 0.3) is 12.3 Å². The number of nitrogens with one attached hydrogen (secondary N) is 1. The van der Waals surface area contributed by atoms with Gasteiger partial charge in [-0.25, -0.2) is 13.6 Å². The molecule has 2 rings (SSSR count). The van der Waals surface area contributed by atoms with Gasteiger partial charge < -0.3 is 14.8 Å². The quantitative estimate of drug-likeness (QED) is 0.329. The third kappa shape index (κ3) is 7.90. The van der Waals surface area contributed by atoms with E-state index >= 15 is 0 Å². The van der Waals surface area contributed by atoms with Gasteiger partial charge in [-0.2, -0.15) is 5.10 Å². The summed E-state index contributed by atoms with van der Waals surface area (Å²) in [4.78, 5) is 25.1. The normalized spacial score (nSPS) is 16.6. The van der Waals surface area contributed by atoms with Crippen molar-refractivity contribution in [2.45, 2.75) is 59.4 Å². The second kappa shape index (κ2) is 13.8. The summed E-state index contributed by atoms with van der Waals surface area (Å²) in [6, 6.07) is 0. The molecule has 0 spiro atoms. The van der Waals surface area contributed by atoms with Crippen LogP contribution in [0.2, 0.25) is 0 Å². The number of amides is 1. The minimum absolute atomic E-state index is 0.00951. The Balaban J connectivity index is 2.05. The summed E-state index contributed by atoms with van der Waals surface area (Å²) in [6.45, 7) is 11.3. The number of hydrogen-bond acceptors (Lipinski definition) is 5. The van der Waals surface area contributed by atoms with E-state index in [0.717, 1.165) is 30.3 Å². The molecule has 34 heavy (non-hydrogen) atoms. The SMILES string of the molecule is C=C(/C=C\C(=C/C)C(F)F)C(=O)OC[C@H](C)Cn1nc(CC)c2c1CCCOCCCNC2=O. The Morgan fingerprint density at radius 1 is 1.32 bits per heavy atom. The standard InChI is InChI=1S/C25H35F2N3O4/c1-5-19(23(26)27)11-10-18(4)25(32)34-16-17(3)15-30-21-9-7-13-33-14-8-12-28-24(31)22(21)20(6-2)29-30/h5,10-11,17,23H,4,6-9,12-16H2,1-3H3,(H,28,31)/b11-10-,19-5+/t17-/m1/s1. The predicted octanol–water partition coefficient (Wildman–Crippen LogP) is 4.03. The lowest BCUT2D eigenvalue weighted by molar-refractivity contribution is -0.139. The first kappa shape index (κ1) is 27.4. The van der Waals surface area contributed by atoms with Crippen molar-refractivity contribution in [3.8, 4) is 0 Å². The summed E-state index contributed by atoms with van der Waals surface area (Å²) in [5.41, 5.74) is 2.03. The van der Waals surface area contributed by atoms with Crippen LogP contribution in [-0.2, 0) is 33.7 Å². The maximum Gasteiger partial charge on any atom is 0.337 e. The van der Waals surface area contributed by atoms with Gasteiger partial charge in [0.05, 0.1) is 29.1 Å². The fourth-order valence-electron chi connectivity index (χ4n) is 3.59. The molecule has 1 aliphatic rings. The fraction of sp³-hybridized carbons (Fsp3) is 0.560. The zero-order valence-corrected chi connectivity index (χ0v) is 20.2. The van der Waals surface area contributed by atoms with Crippen LogP contribution in [-0.4, -0.2) is 54.4 Å². The van der Waals surface area contributed by atoms with Gasteiger partial charge in [-0.15, -0.1) is 0 Å².